The number of aromatic hydroxyl groups is 1. The van der Waals surface area contributed by atoms with Crippen LogP contribution in [0.4, 0.5) is 23.2 Å². The molecule has 2 aliphatic rings. The Kier molecular flexibility index (Phi) is 32.9. The number of phenolic OH excluding ortho intramolecular Hbond substituents is 1. The monoisotopic (exact) mass is 1640 g/mol. The normalized spacial score (nSPS) is 16.4. The number of likely N-dealkylation sites (N-methyl/N-ethyl adjacent to an activating group) is 1. The van der Waals surface area contributed by atoms with Crippen LogP contribution in [0.3, 0.4) is 0 Å². The third-order valence-electron chi connectivity index (χ3n) is 18.8. The highest BCUT2D eigenvalue weighted by Crippen LogP contribution is 2.34. The molecule has 0 aliphatic carbocycles. The largest absolute Gasteiger partial charge is 0.508 e. The van der Waals surface area contributed by atoms with Crippen molar-refractivity contribution in [3.63, 3.8) is 0 Å². The highest BCUT2D eigenvalue weighted by atomic mass is 32.2. The molecule has 626 valence electrons. The molecule has 2 aromatic heterocycles. The molecule has 0 unspecified atom stereocenters. The fourth-order valence-electron chi connectivity index (χ4n) is 12.9. The molecule has 0 spiro atoms. The fourth-order valence-corrected chi connectivity index (χ4v) is 14.5. The molecule has 0 radical (unpaired) electrons. The van der Waals surface area contributed by atoms with Crippen molar-refractivity contribution in [1.29, 1.82) is 10.7 Å². The van der Waals surface area contributed by atoms with Crippen LogP contribution in [-0.4, -0.2) is 206 Å². The van der Waals surface area contributed by atoms with Crippen LogP contribution in [0.2, 0.25) is 0 Å². The maximum absolute atomic E-state index is 14.7. The number of aromatic amines is 2. The smallest absolute Gasteiger partial charge is 0.417 e. The number of fused-ring (bicyclic) bond motifs is 1. The number of nitriles is 1. The Balaban J connectivity index is 0.000000536. The third-order valence-corrected chi connectivity index (χ3v) is 20.7. The van der Waals surface area contributed by atoms with Gasteiger partial charge in [0.2, 0.25) is 59.1 Å². The number of carbonyl (C=O) groups is 11. The lowest BCUT2D eigenvalue weighted by Crippen LogP contribution is -2.61. The lowest BCUT2D eigenvalue weighted by Gasteiger charge is -2.31. The third kappa shape index (κ3) is 26.8. The summed E-state index contributed by atoms with van der Waals surface area (Å²) in [5.41, 5.74) is 2.76. The molecule has 19 N–H and O–H groups in total. The van der Waals surface area contributed by atoms with E-state index in [1.807, 2.05) is 25.2 Å². The fraction of sp³-hybridized carbons (Fsp3) is 0.455. The molecule has 0 saturated carbocycles. The zero-order valence-corrected chi connectivity index (χ0v) is 65.4. The van der Waals surface area contributed by atoms with Crippen LogP contribution in [0.15, 0.2) is 115 Å². The van der Waals surface area contributed by atoms with Crippen LogP contribution >= 0.6 is 0 Å². The molecule has 34 nitrogen and oxygen atoms in total. The van der Waals surface area contributed by atoms with E-state index >= 15 is 0 Å². The number of rotatable bonds is 37. The number of nitrogens with one attached hydrogen (secondary N) is 14. The number of carbonyl (C=O) groups excluding carboxylic acids is 11. The minimum atomic E-state index is -4.86. The highest BCUT2D eigenvalue weighted by molar-refractivity contribution is 7.91. The number of para-hydroxylation sites is 1. The Hall–Kier alpha value is -12.1. The average molecular weight is 1640 g/mol. The van der Waals surface area contributed by atoms with Gasteiger partial charge in [0.25, 0.3) is 5.91 Å². The molecule has 4 aromatic carbocycles. The van der Waals surface area contributed by atoms with E-state index in [0.717, 1.165) is 48.8 Å². The number of aliphatic hydroxyl groups is 2. The number of benzene rings is 4. The van der Waals surface area contributed by atoms with E-state index in [2.05, 4.69) is 68.1 Å². The predicted octanol–water partition coefficient (Wildman–Crippen LogP) is 1.65. The lowest BCUT2D eigenvalue weighted by atomic mass is 9.98. The van der Waals surface area contributed by atoms with E-state index in [9.17, 15) is 94.0 Å². The predicted molar refractivity (Wildman–Crippen MR) is 413 cm³/mol. The van der Waals surface area contributed by atoms with Gasteiger partial charge in [0.05, 0.1) is 46.5 Å². The zero-order chi connectivity index (χ0) is 85.4. The first-order valence-corrected chi connectivity index (χ1v) is 39.1. The van der Waals surface area contributed by atoms with Gasteiger partial charge >= 0.3 is 6.18 Å². The maximum atomic E-state index is 14.7. The number of sulfone groups is 1. The Bertz CT molecular complexity index is 4640. The molecule has 2 saturated heterocycles. The van der Waals surface area contributed by atoms with E-state index in [4.69, 9.17) is 16.4 Å². The van der Waals surface area contributed by atoms with Gasteiger partial charge in [-0.05, 0) is 142 Å². The molecule has 8 rings (SSSR count). The van der Waals surface area contributed by atoms with Crippen molar-refractivity contribution in [1.82, 2.24) is 73.0 Å². The summed E-state index contributed by atoms with van der Waals surface area (Å²) >= 11 is 0. The summed E-state index contributed by atoms with van der Waals surface area (Å²) in [5.74, 6) is -10.8. The van der Waals surface area contributed by atoms with Gasteiger partial charge in [-0.15, -0.1) is 0 Å². The van der Waals surface area contributed by atoms with Crippen molar-refractivity contribution in [3.8, 4) is 11.8 Å². The van der Waals surface area contributed by atoms with Crippen molar-refractivity contribution in [2.45, 2.75) is 183 Å². The molecule has 11 amide bonds. The van der Waals surface area contributed by atoms with Gasteiger partial charge in [-0.3, -0.25) is 58.1 Å². The average Bonchev–Trinajstić information content (AvgIpc) is 1.85. The van der Waals surface area contributed by atoms with Gasteiger partial charge in [-0.25, -0.2) is 17.8 Å². The Morgan fingerprint density at radius 3 is 1.87 bits per heavy atom. The molecule has 0 bridgehead atoms. The quantitative estimate of drug-likeness (QED) is 0.00867. The summed E-state index contributed by atoms with van der Waals surface area (Å²) in [7, 11) is -4.21. The lowest BCUT2D eigenvalue weighted by molar-refractivity contribution is -0.142. The number of phenols is 1. The SMILES string of the molecule is CCNC(=O)[C@@H]1CCCN1C(=O)[C@H](CCCNC(=N)N)NC(=O)[C@H](CC(C)C)NC(=O)[C@@H](CC(C)C)NC(=O)[C@H](Cc1ccc(O)cc1)NC(=O)[C@H](CO)NC(=O)[C@H](Cc1c[nH]c2ccccc12)NC(=O)[C@H](Cc1c[nH]cn1)NC(=O)[C@@H]1CCC(=O)N1.C[C@](O)(CS(=O)(=O)c1ccc(F)cc1)C(=O)Nc1ccc(C#N)c(C(F)(F)F)c1. The van der Waals surface area contributed by atoms with Gasteiger partial charge < -0.3 is 94.4 Å². The summed E-state index contributed by atoms with van der Waals surface area (Å²) < 4.78 is 76.6. The number of amides is 11. The van der Waals surface area contributed by atoms with Crippen molar-refractivity contribution >= 4 is 97.4 Å². The summed E-state index contributed by atoms with van der Waals surface area (Å²) in [5, 5.41) is 77.2. The minimum absolute atomic E-state index is 0.0378. The van der Waals surface area contributed by atoms with Crippen molar-refractivity contribution in [2.75, 3.05) is 37.3 Å². The number of nitrogens with two attached hydrogens (primary N) is 1. The van der Waals surface area contributed by atoms with Gasteiger partial charge in [0.15, 0.2) is 21.4 Å². The number of anilines is 1. The number of hydrogen-bond donors (Lipinski definition) is 18. The summed E-state index contributed by atoms with van der Waals surface area (Å²) in [6.45, 7) is 9.74. The molecule has 116 heavy (non-hydrogen) atoms. The van der Waals surface area contributed by atoms with Crippen LogP contribution in [0, 0.1) is 34.4 Å². The number of likely N-dealkylation sites (tertiary alicyclic amines) is 1. The number of hydrogen-bond acceptors (Lipinski definition) is 19. The molecular formula is C77H98F4N18O16S. The first kappa shape index (κ1) is 91.1. The molecule has 39 heteroatoms. The number of imidazole rings is 1. The van der Waals surface area contributed by atoms with Gasteiger partial charge in [-0.2, -0.15) is 18.4 Å². The molecule has 2 fully saturated rings. The zero-order valence-electron chi connectivity index (χ0n) is 64.5. The topological polar surface area (TPSA) is 536 Å². The Morgan fingerprint density at radius 2 is 1.31 bits per heavy atom. The molecule has 4 heterocycles. The van der Waals surface area contributed by atoms with Crippen LogP contribution in [0.1, 0.15) is 121 Å². The van der Waals surface area contributed by atoms with E-state index in [0.29, 0.717) is 54.1 Å². The summed E-state index contributed by atoms with van der Waals surface area (Å²) in [4.78, 5) is 163. The van der Waals surface area contributed by atoms with Crippen molar-refractivity contribution < 1.29 is 94.0 Å². The maximum Gasteiger partial charge on any atom is 0.417 e. The highest BCUT2D eigenvalue weighted by Gasteiger charge is 2.42. The van der Waals surface area contributed by atoms with E-state index in [1.54, 1.807) is 45.2 Å². The minimum Gasteiger partial charge on any atom is -0.508 e. The second kappa shape index (κ2) is 41.8. The van der Waals surface area contributed by atoms with Crippen LogP contribution in [-0.2, 0) is 88.0 Å². The number of aliphatic hydroxyl groups excluding tert-OH is 1. The van der Waals surface area contributed by atoms with Crippen molar-refractivity contribution in [3.05, 3.63) is 143 Å². The van der Waals surface area contributed by atoms with E-state index < -0.39 is 158 Å². The second-order valence-corrected chi connectivity index (χ2v) is 31.1. The Labute approximate surface area is 665 Å². The van der Waals surface area contributed by atoms with Gasteiger partial charge in [0.1, 0.15) is 65.9 Å². The van der Waals surface area contributed by atoms with E-state index in [-0.39, 0.29) is 110 Å². The summed E-state index contributed by atoms with van der Waals surface area (Å²) in [6.07, 6.45) is 0.988. The Morgan fingerprint density at radius 1 is 0.733 bits per heavy atom. The molecule has 2 aliphatic heterocycles. The number of aromatic nitrogens is 3. The second-order valence-electron chi connectivity index (χ2n) is 29.1. The van der Waals surface area contributed by atoms with Crippen LogP contribution < -0.4 is 64.2 Å². The van der Waals surface area contributed by atoms with Crippen LogP contribution in [0.5, 0.6) is 5.75 Å². The van der Waals surface area contributed by atoms with Gasteiger partial charge in [0, 0.05) is 74.3 Å². The number of H-pyrrole nitrogens is 2. The molecule has 10 atom stereocenters. The molecule has 6 aromatic rings. The standard InChI is InChI=1S/C59H84N16O12.C18H14F4N2O4S/c1-6-63-57(86)48-14-10-22-75(48)58(87)41(13-9-21-64-59(60)61)68-51(80)42(23-32(2)3)69-52(81)43(24-33(4)5)70-53(82)44(25-34-15-17-37(77)18-16-34)71-56(85)47(30-76)74-54(83)45(26-35-28-65-39-12-8-7-11-38(35)39)72-55(84)46(27-36-29-62-31-66-36)73-50(79)40-19-20-49(78)67-40;1-17(26,10-29(27,28)14-6-3-12(19)4-7-14)16(25)24-13-5-2-11(9-23)15(8-13)18(20,21)22/h7-8,11-12,15-18,28-29,31-33,40-48,65,76-77H,6,9-10,13-14,19-27,30H2,1-5H3,(H,62,66)(H,63,86)(H,67,78)(H,68,80)(H,69,81)(H,70,82)(H,71,85)(H,72,84)(H,73,79)(H,74,83)(H4,60,61,64);2-8,26H,10H2,1H3,(H,24,25)/t40-,41-,42-,43+,44-,45-,46-,47-,48-;17-/m00/s1. The first-order chi connectivity index (χ1) is 54.8. The van der Waals surface area contributed by atoms with Crippen LogP contribution in [0.25, 0.3) is 10.9 Å². The number of halogens is 4. The number of alkyl halides is 3. The first-order valence-electron chi connectivity index (χ1n) is 37.4. The van der Waals surface area contributed by atoms with Gasteiger partial charge in [-0.1, -0.05) is 58.0 Å². The number of guanidine groups is 1. The summed E-state index contributed by atoms with van der Waals surface area (Å²) in [6, 6.07) is 8.95. The van der Waals surface area contributed by atoms with E-state index in [1.165, 1.54) is 47.8 Å². The molecular weight excluding hydrogens is 1540 g/mol. The van der Waals surface area contributed by atoms with Crippen molar-refractivity contribution in [2.24, 2.45) is 17.6 Å². The number of nitrogens with zero attached hydrogens (tertiary/aromatic N) is 3.